The van der Waals surface area contributed by atoms with Gasteiger partial charge in [0.25, 0.3) is 5.91 Å². The van der Waals surface area contributed by atoms with Gasteiger partial charge in [0, 0.05) is 12.2 Å². The van der Waals surface area contributed by atoms with Gasteiger partial charge in [0.15, 0.2) is 12.2 Å². The predicted octanol–water partition coefficient (Wildman–Crippen LogP) is 2.88. The van der Waals surface area contributed by atoms with Gasteiger partial charge in [-0.15, -0.1) is 0 Å². The van der Waals surface area contributed by atoms with Gasteiger partial charge in [-0.2, -0.15) is 0 Å². The van der Waals surface area contributed by atoms with Crippen LogP contribution >= 0.6 is 0 Å². The van der Waals surface area contributed by atoms with E-state index in [0.717, 1.165) is 11.1 Å². The molecule has 7 heteroatoms. The van der Waals surface area contributed by atoms with Gasteiger partial charge >= 0.3 is 5.97 Å². The number of ether oxygens (including phenoxy) is 3. The fourth-order valence-corrected chi connectivity index (χ4v) is 3.41. The molecule has 0 unspecified atom stereocenters. The first-order chi connectivity index (χ1) is 15.2. The minimum atomic E-state index is -1.68. The van der Waals surface area contributed by atoms with Gasteiger partial charge in [-0.25, -0.2) is 4.79 Å². The Kier molecular flexibility index (Phi) is 8.01. The first kappa shape index (κ1) is 23.9. The Morgan fingerprint density at radius 3 is 2.59 bits per heavy atom. The van der Waals surface area contributed by atoms with Crippen molar-refractivity contribution in [3.63, 3.8) is 0 Å². The van der Waals surface area contributed by atoms with E-state index in [-0.39, 0.29) is 6.61 Å². The number of aliphatic hydroxyl groups excluding tert-OH is 1. The van der Waals surface area contributed by atoms with E-state index < -0.39 is 29.7 Å². The molecule has 0 aliphatic carbocycles. The van der Waals surface area contributed by atoms with Crippen molar-refractivity contribution < 1.29 is 28.9 Å². The van der Waals surface area contributed by atoms with Crippen molar-refractivity contribution in [3.05, 3.63) is 65.7 Å². The Labute approximate surface area is 188 Å². The Morgan fingerprint density at radius 1 is 1.16 bits per heavy atom. The quantitative estimate of drug-likeness (QED) is 0.501. The van der Waals surface area contributed by atoms with Crippen molar-refractivity contribution in [1.82, 2.24) is 0 Å². The minimum absolute atomic E-state index is 0.209. The Morgan fingerprint density at radius 2 is 1.88 bits per heavy atom. The molecule has 32 heavy (non-hydrogen) atoms. The molecule has 1 heterocycles. The minimum Gasteiger partial charge on any atom is -0.458 e. The van der Waals surface area contributed by atoms with Crippen LogP contribution in [0, 0.1) is 0 Å². The van der Waals surface area contributed by atoms with Crippen LogP contribution in [0.4, 0.5) is 5.69 Å². The molecule has 1 saturated heterocycles. The molecule has 0 saturated carbocycles. The van der Waals surface area contributed by atoms with Crippen LogP contribution in [-0.4, -0.2) is 54.6 Å². The lowest BCUT2D eigenvalue weighted by Gasteiger charge is -2.34. The van der Waals surface area contributed by atoms with Crippen molar-refractivity contribution in [2.45, 2.75) is 51.6 Å². The second-order valence-corrected chi connectivity index (χ2v) is 8.72. The number of nitrogens with zero attached hydrogens (tertiary/aromatic N) is 1. The molecule has 1 aliphatic rings. The van der Waals surface area contributed by atoms with Crippen LogP contribution in [0.25, 0.3) is 0 Å². The fourth-order valence-electron chi connectivity index (χ4n) is 3.41. The van der Waals surface area contributed by atoms with Crippen LogP contribution in [0.5, 0.6) is 0 Å². The summed E-state index contributed by atoms with van der Waals surface area (Å²) >= 11 is 0. The van der Waals surface area contributed by atoms with Crippen molar-refractivity contribution in [2.24, 2.45) is 0 Å². The molecule has 2 atom stereocenters. The zero-order valence-corrected chi connectivity index (χ0v) is 18.8. The molecule has 7 nitrogen and oxygen atoms in total. The van der Waals surface area contributed by atoms with E-state index in [4.69, 9.17) is 14.2 Å². The van der Waals surface area contributed by atoms with Crippen molar-refractivity contribution in [2.75, 3.05) is 24.7 Å². The standard InChI is InChI=1S/C25H31NO6/c1-25(2,3)32-24(29)21(27)22-23(28)26(13-15-31-22)20-11-7-10-18(16-20)12-14-30-17-19-8-5-4-6-9-19/h4-11,16,21-22,27H,12-15,17H2,1-3H3/t21-,22-/m1/s1. The van der Waals surface area contributed by atoms with Crippen molar-refractivity contribution in [1.29, 1.82) is 0 Å². The van der Waals surface area contributed by atoms with Gasteiger partial charge in [0.05, 0.1) is 19.8 Å². The first-order valence-corrected chi connectivity index (χ1v) is 10.8. The number of rotatable bonds is 8. The number of morpholine rings is 1. The van der Waals surface area contributed by atoms with Gasteiger partial charge in [0.1, 0.15) is 5.60 Å². The van der Waals surface area contributed by atoms with E-state index in [1.54, 1.807) is 20.8 Å². The zero-order chi connectivity index (χ0) is 23.1. The number of hydrogen-bond donors (Lipinski definition) is 1. The molecular formula is C25H31NO6. The highest BCUT2D eigenvalue weighted by Crippen LogP contribution is 2.23. The predicted molar refractivity (Wildman–Crippen MR) is 120 cm³/mol. The number of hydrogen-bond acceptors (Lipinski definition) is 6. The van der Waals surface area contributed by atoms with Crippen molar-refractivity contribution >= 4 is 17.6 Å². The van der Waals surface area contributed by atoms with Gasteiger partial charge in [-0.1, -0.05) is 42.5 Å². The molecule has 0 spiro atoms. The number of amides is 1. The first-order valence-electron chi connectivity index (χ1n) is 10.8. The van der Waals surface area contributed by atoms with E-state index in [9.17, 15) is 14.7 Å². The smallest absolute Gasteiger partial charge is 0.338 e. The zero-order valence-electron chi connectivity index (χ0n) is 18.8. The van der Waals surface area contributed by atoms with Gasteiger partial charge in [-0.3, -0.25) is 4.79 Å². The normalized spacial score (nSPS) is 17.8. The SMILES string of the molecule is CC(C)(C)OC(=O)[C@H](O)[C@H]1OCCN(c2cccc(CCOCc3ccccc3)c2)C1=O. The lowest BCUT2D eigenvalue weighted by atomic mass is 10.1. The summed E-state index contributed by atoms with van der Waals surface area (Å²) < 4.78 is 16.4. The summed E-state index contributed by atoms with van der Waals surface area (Å²) in [4.78, 5) is 26.7. The Balaban J connectivity index is 1.59. The molecule has 0 aromatic heterocycles. The van der Waals surface area contributed by atoms with Crippen molar-refractivity contribution in [3.8, 4) is 0 Å². The fraction of sp³-hybridized carbons (Fsp3) is 0.440. The lowest BCUT2D eigenvalue weighted by molar-refractivity contribution is -0.177. The summed E-state index contributed by atoms with van der Waals surface area (Å²) in [6, 6.07) is 17.6. The van der Waals surface area contributed by atoms with E-state index in [2.05, 4.69) is 0 Å². The van der Waals surface area contributed by atoms with Crippen LogP contribution in [-0.2, 0) is 36.8 Å². The monoisotopic (exact) mass is 441 g/mol. The summed E-state index contributed by atoms with van der Waals surface area (Å²) in [5.41, 5.74) is 2.07. The molecular weight excluding hydrogens is 410 g/mol. The van der Waals surface area contributed by atoms with E-state index in [1.165, 1.54) is 4.90 Å². The summed E-state index contributed by atoms with van der Waals surface area (Å²) in [7, 11) is 0. The maximum absolute atomic E-state index is 13.0. The number of aliphatic hydroxyl groups is 1. The maximum atomic E-state index is 13.0. The number of esters is 1. The Hall–Kier alpha value is -2.74. The highest BCUT2D eigenvalue weighted by atomic mass is 16.6. The number of carbonyl (C=O) groups excluding carboxylic acids is 2. The molecule has 1 aliphatic heterocycles. The third-order valence-corrected chi connectivity index (χ3v) is 4.93. The average molecular weight is 442 g/mol. The third-order valence-electron chi connectivity index (χ3n) is 4.93. The summed E-state index contributed by atoms with van der Waals surface area (Å²) in [6.45, 7) is 6.74. The van der Waals surface area contributed by atoms with Gasteiger partial charge < -0.3 is 24.2 Å². The highest BCUT2D eigenvalue weighted by Gasteiger charge is 2.41. The maximum Gasteiger partial charge on any atom is 0.338 e. The molecule has 1 N–H and O–H groups in total. The molecule has 1 fully saturated rings. The third kappa shape index (κ3) is 6.63. The molecule has 3 rings (SSSR count). The lowest BCUT2D eigenvalue weighted by Crippen LogP contribution is -2.55. The second-order valence-electron chi connectivity index (χ2n) is 8.72. The molecule has 0 bridgehead atoms. The highest BCUT2D eigenvalue weighted by molar-refractivity contribution is 6.00. The van der Waals surface area contributed by atoms with Crippen LogP contribution in [0.2, 0.25) is 0 Å². The molecule has 2 aromatic carbocycles. The van der Waals surface area contributed by atoms with Crippen LogP contribution in [0.15, 0.2) is 54.6 Å². The summed E-state index contributed by atoms with van der Waals surface area (Å²) in [5.74, 6) is -1.34. The molecule has 1 amide bonds. The number of carbonyl (C=O) groups is 2. The van der Waals surface area contributed by atoms with E-state index >= 15 is 0 Å². The second kappa shape index (κ2) is 10.7. The van der Waals surface area contributed by atoms with E-state index in [0.29, 0.717) is 31.9 Å². The molecule has 2 aromatic rings. The Bertz CT molecular complexity index is 908. The molecule has 0 radical (unpaired) electrons. The van der Waals surface area contributed by atoms with E-state index in [1.807, 2.05) is 54.6 Å². The summed E-state index contributed by atoms with van der Waals surface area (Å²) in [5, 5.41) is 10.4. The number of anilines is 1. The van der Waals surface area contributed by atoms with Crippen LogP contribution < -0.4 is 4.90 Å². The molecule has 172 valence electrons. The van der Waals surface area contributed by atoms with Crippen LogP contribution in [0.1, 0.15) is 31.9 Å². The average Bonchev–Trinajstić information content (AvgIpc) is 2.76. The van der Waals surface area contributed by atoms with Gasteiger partial charge in [-0.05, 0) is 50.5 Å². The largest absolute Gasteiger partial charge is 0.458 e. The number of benzene rings is 2. The van der Waals surface area contributed by atoms with Crippen LogP contribution in [0.3, 0.4) is 0 Å². The topological polar surface area (TPSA) is 85.3 Å². The van der Waals surface area contributed by atoms with Gasteiger partial charge in [0.2, 0.25) is 0 Å². The summed E-state index contributed by atoms with van der Waals surface area (Å²) in [6.07, 6.45) is -2.28.